The first-order valence-electron chi connectivity index (χ1n) is 8.04. The van der Waals surface area contributed by atoms with Crippen LogP contribution in [0.1, 0.15) is 52.9 Å². The second kappa shape index (κ2) is 8.93. The predicted octanol–water partition coefficient (Wildman–Crippen LogP) is 2.90. The molecular weight excluding hydrogens is 236 g/mol. The topological polar surface area (TPSA) is 24.5 Å². The molecule has 0 aromatic heterocycles. The number of hydrogen-bond acceptors (Lipinski definition) is 3. The van der Waals surface area contributed by atoms with Crippen molar-refractivity contribution in [3.8, 4) is 0 Å². The summed E-state index contributed by atoms with van der Waals surface area (Å²) in [4.78, 5) is 2.55. The average molecular weight is 270 g/mol. The van der Waals surface area contributed by atoms with Crippen LogP contribution in [0.2, 0.25) is 0 Å². The molecule has 0 aliphatic heterocycles. The van der Waals surface area contributed by atoms with Crippen molar-refractivity contribution in [1.82, 2.24) is 10.2 Å². The van der Waals surface area contributed by atoms with Gasteiger partial charge in [-0.3, -0.25) is 0 Å². The zero-order valence-corrected chi connectivity index (χ0v) is 13.5. The Balaban J connectivity index is 2.00. The molecule has 0 bridgehead atoms. The Labute approximate surface area is 120 Å². The fraction of sp³-hybridized carbons (Fsp3) is 1.00. The van der Waals surface area contributed by atoms with Gasteiger partial charge >= 0.3 is 0 Å². The van der Waals surface area contributed by atoms with Crippen LogP contribution in [0.5, 0.6) is 0 Å². The van der Waals surface area contributed by atoms with Crippen LogP contribution in [0.25, 0.3) is 0 Å². The highest BCUT2D eigenvalue weighted by molar-refractivity contribution is 4.82. The van der Waals surface area contributed by atoms with E-state index in [0.717, 1.165) is 38.8 Å². The maximum absolute atomic E-state index is 5.33. The van der Waals surface area contributed by atoms with E-state index in [9.17, 15) is 0 Å². The molecule has 0 aromatic carbocycles. The summed E-state index contributed by atoms with van der Waals surface area (Å²) >= 11 is 0. The Morgan fingerprint density at radius 2 is 1.89 bits per heavy atom. The number of ether oxygens (including phenoxy) is 1. The van der Waals surface area contributed by atoms with Crippen molar-refractivity contribution in [2.24, 2.45) is 5.41 Å². The molecule has 1 N–H and O–H groups in total. The molecule has 0 radical (unpaired) electrons. The molecule has 19 heavy (non-hydrogen) atoms. The summed E-state index contributed by atoms with van der Waals surface area (Å²) in [6.07, 6.45) is 6.62. The minimum atomic E-state index is 0.578. The zero-order valence-electron chi connectivity index (χ0n) is 13.5. The van der Waals surface area contributed by atoms with Crippen molar-refractivity contribution < 1.29 is 4.74 Å². The quantitative estimate of drug-likeness (QED) is 0.652. The van der Waals surface area contributed by atoms with E-state index < -0.39 is 0 Å². The van der Waals surface area contributed by atoms with Gasteiger partial charge in [0.2, 0.25) is 0 Å². The van der Waals surface area contributed by atoms with Crippen LogP contribution < -0.4 is 5.32 Å². The molecule has 0 saturated heterocycles. The van der Waals surface area contributed by atoms with Gasteiger partial charge in [0.15, 0.2) is 0 Å². The lowest BCUT2D eigenvalue weighted by Crippen LogP contribution is -2.40. The predicted molar refractivity (Wildman–Crippen MR) is 82.6 cm³/mol. The van der Waals surface area contributed by atoms with Crippen LogP contribution in [-0.2, 0) is 4.74 Å². The summed E-state index contributed by atoms with van der Waals surface area (Å²) < 4.78 is 5.33. The largest absolute Gasteiger partial charge is 0.382 e. The Kier molecular flexibility index (Phi) is 7.96. The van der Waals surface area contributed by atoms with Gasteiger partial charge in [0.05, 0.1) is 0 Å². The summed E-state index contributed by atoms with van der Waals surface area (Å²) in [5.41, 5.74) is 0.578. The molecular formula is C16H34N2O. The fourth-order valence-electron chi connectivity index (χ4n) is 2.83. The Bertz CT molecular complexity index is 221. The summed E-state index contributed by atoms with van der Waals surface area (Å²) in [5, 5.41) is 3.51. The third-order valence-corrected chi connectivity index (χ3v) is 4.42. The molecule has 3 heteroatoms. The van der Waals surface area contributed by atoms with Gasteiger partial charge in [0.25, 0.3) is 0 Å². The summed E-state index contributed by atoms with van der Waals surface area (Å²) in [5.74, 6) is 0. The molecule has 0 unspecified atom stereocenters. The molecule has 1 fully saturated rings. The van der Waals surface area contributed by atoms with Crippen LogP contribution in [0, 0.1) is 5.41 Å². The lowest BCUT2D eigenvalue weighted by molar-refractivity contribution is 0.127. The van der Waals surface area contributed by atoms with Gasteiger partial charge in [0.1, 0.15) is 0 Å². The highest BCUT2D eigenvalue weighted by Gasteiger charge is 2.28. The van der Waals surface area contributed by atoms with Crippen LogP contribution in [-0.4, -0.2) is 50.8 Å². The highest BCUT2D eigenvalue weighted by atomic mass is 16.5. The van der Waals surface area contributed by atoms with Gasteiger partial charge in [-0.15, -0.1) is 0 Å². The first-order chi connectivity index (χ1) is 9.05. The van der Waals surface area contributed by atoms with Crippen LogP contribution >= 0.6 is 0 Å². The van der Waals surface area contributed by atoms with Gasteiger partial charge in [-0.2, -0.15) is 0 Å². The molecule has 1 aliphatic carbocycles. The fourth-order valence-corrected chi connectivity index (χ4v) is 2.83. The molecule has 0 aromatic rings. The Hall–Kier alpha value is -0.120. The van der Waals surface area contributed by atoms with E-state index in [2.05, 4.69) is 31.1 Å². The van der Waals surface area contributed by atoms with Gasteiger partial charge in [-0.25, -0.2) is 0 Å². The molecule has 3 nitrogen and oxygen atoms in total. The van der Waals surface area contributed by atoms with Crippen molar-refractivity contribution in [3.05, 3.63) is 0 Å². The number of likely N-dealkylation sites (N-methyl/N-ethyl adjacent to an activating group) is 1. The van der Waals surface area contributed by atoms with E-state index in [-0.39, 0.29) is 0 Å². The van der Waals surface area contributed by atoms with Crippen LogP contribution in [0.15, 0.2) is 0 Å². The third-order valence-electron chi connectivity index (χ3n) is 4.42. The smallest absolute Gasteiger partial charge is 0.0477 e. The van der Waals surface area contributed by atoms with Gasteiger partial charge in [-0.1, -0.05) is 13.8 Å². The van der Waals surface area contributed by atoms with Crippen molar-refractivity contribution >= 4 is 0 Å². The summed E-state index contributed by atoms with van der Waals surface area (Å²) in [6, 6.07) is 0.804. The lowest BCUT2D eigenvalue weighted by atomic mass is 9.75. The van der Waals surface area contributed by atoms with E-state index in [0.29, 0.717) is 5.41 Å². The SMILES string of the molecule is CCOCCCNCCN(C)C1CCC(C)(C)CC1. The standard InChI is InChI=1S/C16H34N2O/c1-5-19-14-6-11-17-12-13-18(4)15-7-9-16(2,3)10-8-15/h15,17H,5-14H2,1-4H3. The Morgan fingerprint density at radius 3 is 2.53 bits per heavy atom. The summed E-state index contributed by atoms with van der Waals surface area (Å²) in [6.45, 7) is 11.9. The lowest BCUT2D eigenvalue weighted by Gasteiger charge is -2.38. The van der Waals surface area contributed by atoms with Gasteiger partial charge in [-0.05, 0) is 58.0 Å². The van der Waals surface area contributed by atoms with E-state index in [1.807, 2.05) is 6.92 Å². The number of nitrogens with zero attached hydrogens (tertiary/aromatic N) is 1. The average Bonchev–Trinajstić information content (AvgIpc) is 2.37. The van der Waals surface area contributed by atoms with Crippen LogP contribution in [0.4, 0.5) is 0 Å². The molecule has 114 valence electrons. The maximum Gasteiger partial charge on any atom is 0.0477 e. The molecule has 1 rings (SSSR count). The highest BCUT2D eigenvalue weighted by Crippen LogP contribution is 2.36. The Morgan fingerprint density at radius 1 is 1.21 bits per heavy atom. The minimum absolute atomic E-state index is 0.578. The molecule has 1 saturated carbocycles. The van der Waals surface area contributed by atoms with Crippen molar-refractivity contribution in [2.45, 2.75) is 58.9 Å². The normalized spacial score (nSPS) is 20.1. The van der Waals surface area contributed by atoms with Gasteiger partial charge < -0.3 is 15.0 Å². The molecule has 1 aliphatic rings. The number of hydrogen-bond donors (Lipinski definition) is 1. The second-order valence-electron chi connectivity index (χ2n) is 6.68. The second-order valence-corrected chi connectivity index (χ2v) is 6.68. The van der Waals surface area contributed by atoms with E-state index in [1.54, 1.807) is 0 Å². The maximum atomic E-state index is 5.33. The zero-order chi connectivity index (χ0) is 14.1. The van der Waals surface area contributed by atoms with Crippen molar-refractivity contribution in [2.75, 3.05) is 39.9 Å². The number of rotatable bonds is 9. The van der Waals surface area contributed by atoms with Gasteiger partial charge in [0, 0.05) is 32.3 Å². The first-order valence-corrected chi connectivity index (χ1v) is 8.04. The monoisotopic (exact) mass is 270 g/mol. The summed E-state index contributed by atoms with van der Waals surface area (Å²) in [7, 11) is 2.28. The molecule has 0 heterocycles. The molecule has 0 spiro atoms. The van der Waals surface area contributed by atoms with Crippen LogP contribution in [0.3, 0.4) is 0 Å². The number of nitrogens with one attached hydrogen (secondary N) is 1. The van der Waals surface area contributed by atoms with E-state index >= 15 is 0 Å². The van der Waals surface area contributed by atoms with Crippen molar-refractivity contribution in [1.29, 1.82) is 0 Å². The van der Waals surface area contributed by atoms with E-state index in [1.165, 1.54) is 32.2 Å². The molecule has 0 amide bonds. The molecule has 0 atom stereocenters. The minimum Gasteiger partial charge on any atom is -0.382 e. The van der Waals surface area contributed by atoms with E-state index in [4.69, 9.17) is 4.74 Å². The third kappa shape index (κ3) is 7.28. The van der Waals surface area contributed by atoms with Crippen molar-refractivity contribution in [3.63, 3.8) is 0 Å². The first kappa shape index (κ1) is 16.9.